The third-order valence-electron chi connectivity index (χ3n) is 6.33. The van der Waals surface area contributed by atoms with E-state index in [-0.39, 0.29) is 28.5 Å². The Balaban J connectivity index is 1.26. The third kappa shape index (κ3) is 4.88. The molecule has 1 fully saturated rings. The minimum atomic E-state index is -3.73. The quantitative estimate of drug-likeness (QED) is 0.369. The number of carbonyl (C=O) groups excluding carboxylic acids is 1. The molecule has 0 radical (unpaired) electrons. The summed E-state index contributed by atoms with van der Waals surface area (Å²) in [5, 5.41) is 5.19. The molecule has 178 valence electrons. The van der Waals surface area contributed by atoms with E-state index in [0.29, 0.717) is 5.92 Å². The molecule has 1 amide bonds. The Bertz CT molecular complexity index is 1490. The molecule has 0 saturated heterocycles. The van der Waals surface area contributed by atoms with Crippen molar-refractivity contribution < 1.29 is 13.2 Å². The van der Waals surface area contributed by atoms with Gasteiger partial charge in [0, 0.05) is 35.6 Å². The highest BCUT2D eigenvalue weighted by Gasteiger charge is 2.44. The van der Waals surface area contributed by atoms with Crippen LogP contribution in [0.4, 0.5) is 11.5 Å². The van der Waals surface area contributed by atoms with Gasteiger partial charge in [0.25, 0.3) is 10.0 Å². The van der Waals surface area contributed by atoms with Gasteiger partial charge in [0.1, 0.15) is 5.82 Å². The molecule has 5 rings (SSSR count). The fourth-order valence-corrected chi connectivity index (χ4v) is 5.33. The van der Waals surface area contributed by atoms with Crippen LogP contribution in [-0.2, 0) is 14.8 Å². The summed E-state index contributed by atoms with van der Waals surface area (Å²) in [7, 11) is -3.73. The van der Waals surface area contributed by atoms with E-state index in [1.165, 1.54) is 6.20 Å². The highest BCUT2D eigenvalue weighted by molar-refractivity contribution is 7.92. The van der Waals surface area contributed by atoms with Gasteiger partial charge in [-0.25, -0.2) is 13.4 Å². The largest absolute Gasteiger partial charge is 0.326 e. The van der Waals surface area contributed by atoms with Crippen LogP contribution >= 0.6 is 0 Å². The van der Waals surface area contributed by atoms with E-state index in [2.05, 4.69) is 33.9 Å². The van der Waals surface area contributed by atoms with Gasteiger partial charge in [0.15, 0.2) is 0 Å². The molecule has 2 aromatic carbocycles. The normalized spacial score (nSPS) is 17.3. The van der Waals surface area contributed by atoms with Gasteiger partial charge in [-0.15, -0.1) is 0 Å². The number of anilines is 2. The van der Waals surface area contributed by atoms with Crippen molar-refractivity contribution in [3.63, 3.8) is 0 Å². The number of fused-ring (bicyclic) bond motifs is 1. The van der Waals surface area contributed by atoms with Crippen molar-refractivity contribution in [2.24, 2.45) is 5.92 Å². The molecule has 0 bridgehead atoms. The first kappa shape index (κ1) is 23.0. The van der Waals surface area contributed by atoms with Crippen molar-refractivity contribution in [2.45, 2.75) is 37.0 Å². The Kier molecular flexibility index (Phi) is 5.98. The number of aromatic nitrogens is 2. The number of sulfonamides is 1. The Labute approximate surface area is 204 Å². The minimum Gasteiger partial charge on any atom is -0.326 e. The van der Waals surface area contributed by atoms with Crippen molar-refractivity contribution in [1.82, 2.24) is 9.97 Å². The Morgan fingerprint density at radius 1 is 1.03 bits per heavy atom. The fraction of sp³-hybridized carbons (Fsp3) is 0.222. The average Bonchev–Trinajstić information content (AvgIpc) is 3.65. The lowest BCUT2D eigenvalue weighted by molar-refractivity contribution is -0.117. The number of benzene rings is 2. The molecule has 4 aromatic rings. The third-order valence-corrected chi connectivity index (χ3v) is 7.70. The lowest BCUT2D eigenvalue weighted by Crippen LogP contribution is -2.15. The van der Waals surface area contributed by atoms with Crippen LogP contribution in [0.2, 0.25) is 0 Å². The fourth-order valence-electron chi connectivity index (χ4n) is 4.33. The summed E-state index contributed by atoms with van der Waals surface area (Å²) in [5.41, 5.74) is 2.87. The van der Waals surface area contributed by atoms with E-state index in [4.69, 9.17) is 0 Å². The number of amides is 1. The molecule has 1 aliphatic rings. The molecule has 0 aliphatic heterocycles. The number of carbonyl (C=O) groups is 1. The van der Waals surface area contributed by atoms with Gasteiger partial charge >= 0.3 is 0 Å². The van der Waals surface area contributed by atoms with Crippen LogP contribution < -0.4 is 10.0 Å². The highest BCUT2D eigenvalue weighted by atomic mass is 32.2. The zero-order chi connectivity index (χ0) is 24.6. The summed E-state index contributed by atoms with van der Waals surface area (Å²) in [6.07, 6.45) is 5.97. The summed E-state index contributed by atoms with van der Waals surface area (Å²) in [6, 6.07) is 17.6. The van der Waals surface area contributed by atoms with Crippen molar-refractivity contribution in [3.05, 3.63) is 90.4 Å². The summed E-state index contributed by atoms with van der Waals surface area (Å²) in [6.45, 7) is 4.25. The Morgan fingerprint density at radius 2 is 1.83 bits per heavy atom. The number of hydrogen-bond acceptors (Lipinski definition) is 5. The van der Waals surface area contributed by atoms with E-state index < -0.39 is 10.0 Å². The number of rotatable bonds is 7. The van der Waals surface area contributed by atoms with E-state index in [9.17, 15) is 13.2 Å². The van der Waals surface area contributed by atoms with Crippen LogP contribution in [0, 0.1) is 5.92 Å². The van der Waals surface area contributed by atoms with Crippen LogP contribution in [-0.4, -0.2) is 24.3 Å². The lowest BCUT2D eigenvalue weighted by Gasteiger charge is -2.12. The number of hydrogen-bond donors (Lipinski definition) is 2. The second kappa shape index (κ2) is 9.11. The van der Waals surface area contributed by atoms with Crippen LogP contribution in [0.5, 0.6) is 0 Å². The van der Waals surface area contributed by atoms with Crippen molar-refractivity contribution in [1.29, 1.82) is 0 Å². The van der Waals surface area contributed by atoms with Gasteiger partial charge in [0.2, 0.25) is 5.91 Å². The zero-order valence-corrected chi connectivity index (χ0v) is 20.3. The summed E-state index contributed by atoms with van der Waals surface area (Å²) in [5.74, 6) is 0.507. The van der Waals surface area contributed by atoms with Crippen molar-refractivity contribution in [2.75, 3.05) is 10.0 Å². The molecule has 1 saturated carbocycles. The van der Waals surface area contributed by atoms with Gasteiger partial charge in [-0.2, -0.15) is 0 Å². The highest BCUT2D eigenvalue weighted by Crippen LogP contribution is 2.48. The van der Waals surface area contributed by atoms with E-state index >= 15 is 0 Å². The predicted molar refractivity (Wildman–Crippen MR) is 137 cm³/mol. The molecule has 7 nitrogen and oxygen atoms in total. The predicted octanol–water partition coefficient (Wildman–Crippen LogP) is 5.30. The molecular formula is C27H26N4O3S. The Morgan fingerprint density at radius 3 is 2.54 bits per heavy atom. The molecule has 8 heteroatoms. The number of pyridine rings is 2. The van der Waals surface area contributed by atoms with E-state index in [1.807, 2.05) is 30.6 Å². The molecule has 2 N–H and O–H groups in total. The molecule has 1 aliphatic carbocycles. The van der Waals surface area contributed by atoms with Gasteiger partial charge in [-0.1, -0.05) is 38.1 Å². The molecule has 35 heavy (non-hydrogen) atoms. The summed E-state index contributed by atoms with van der Waals surface area (Å²) >= 11 is 0. The van der Waals surface area contributed by atoms with Crippen molar-refractivity contribution in [3.8, 4) is 0 Å². The first-order valence-corrected chi connectivity index (χ1v) is 13.0. The SMILES string of the molecule is CC(C)c1cncc2ccc(NC(=O)[C@@H]3CC3c3ccc(S(=O)(=O)Nc4ccccn4)cc3)cc12. The topological polar surface area (TPSA) is 101 Å². The van der Waals surface area contributed by atoms with Gasteiger partial charge in [0.05, 0.1) is 4.90 Å². The zero-order valence-electron chi connectivity index (χ0n) is 19.5. The number of nitrogens with zero attached hydrogens (tertiary/aromatic N) is 2. The smallest absolute Gasteiger partial charge is 0.263 e. The first-order valence-electron chi connectivity index (χ1n) is 11.5. The summed E-state index contributed by atoms with van der Waals surface area (Å²) < 4.78 is 27.7. The summed E-state index contributed by atoms with van der Waals surface area (Å²) in [4.78, 5) is 21.4. The molecule has 2 aromatic heterocycles. The molecule has 1 unspecified atom stereocenters. The maximum absolute atomic E-state index is 12.9. The minimum absolute atomic E-state index is 0.0250. The van der Waals surface area contributed by atoms with Gasteiger partial charge in [-0.05, 0) is 71.2 Å². The molecule has 0 spiro atoms. The molecule has 2 heterocycles. The van der Waals surface area contributed by atoms with Gasteiger partial charge < -0.3 is 5.32 Å². The molecular weight excluding hydrogens is 460 g/mol. The molecule has 2 atom stereocenters. The average molecular weight is 487 g/mol. The van der Waals surface area contributed by atoms with Crippen LogP contribution in [0.3, 0.4) is 0 Å². The standard InChI is InChI=1S/C27H26N4O3S/c1-17(2)25-16-28-15-19-6-9-20(13-22(19)25)30-27(32)24-14-23(24)18-7-10-21(11-8-18)35(33,34)31-26-5-3-4-12-29-26/h3-13,15-17,23-24H,14H2,1-2H3,(H,29,31)(H,30,32)/t23?,24-/m1/s1. The maximum Gasteiger partial charge on any atom is 0.263 e. The first-order chi connectivity index (χ1) is 16.8. The lowest BCUT2D eigenvalue weighted by atomic mass is 9.98. The second-order valence-electron chi connectivity index (χ2n) is 9.15. The monoisotopic (exact) mass is 486 g/mol. The van der Waals surface area contributed by atoms with E-state index in [1.54, 1.807) is 42.5 Å². The van der Waals surface area contributed by atoms with Crippen LogP contribution in [0.1, 0.15) is 43.2 Å². The Hall–Kier alpha value is -3.78. The van der Waals surface area contributed by atoms with E-state index in [0.717, 1.165) is 34.0 Å². The second-order valence-corrected chi connectivity index (χ2v) is 10.8. The number of nitrogens with one attached hydrogen (secondary N) is 2. The van der Waals surface area contributed by atoms with Gasteiger partial charge in [-0.3, -0.25) is 14.5 Å². The maximum atomic E-state index is 12.9. The van der Waals surface area contributed by atoms with Crippen LogP contribution in [0.15, 0.2) is 84.1 Å². The van der Waals surface area contributed by atoms with Crippen molar-refractivity contribution >= 4 is 38.2 Å². The van der Waals surface area contributed by atoms with Crippen LogP contribution in [0.25, 0.3) is 10.8 Å².